The number of amides is 2. The van der Waals surface area contributed by atoms with Crippen LogP contribution in [0.3, 0.4) is 0 Å². The van der Waals surface area contributed by atoms with E-state index in [4.69, 9.17) is 9.47 Å². The lowest BCUT2D eigenvalue weighted by Gasteiger charge is -2.34. The molecule has 3 aromatic carbocycles. The van der Waals surface area contributed by atoms with Crippen molar-refractivity contribution < 1.29 is 37.3 Å². The average molecular weight is 628 g/mol. The van der Waals surface area contributed by atoms with Crippen molar-refractivity contribution in [3.63, 3.8) is 0 Å². The zero-order valence-corrected chi connectivity index (χ0v) is 25.7. The summed E-state index contributed by atoms with van der Waals surface area (Å²) in [4.78, 5) is 29.3. The maximum Gasteiger partial charge on any atom is 0.389 e. The van der Waals surface area contributed by atoms with Crippen LogP contribution in [-0.2, 0) is 22.6 Å². The number of anilines is 1. The van der Waals surface area contributed by atoms with E-state index in [0.29, 0.717) is 30.9 Å². The molecule has 0 saturated carbocycles. The number of likely N-dealkylation sites (N-methyl/N-ethyl adjacent to an activating group) is 1. The predicted octanol–water partition coefficient (Wildman–Crippen LogP) is 6.04. The molecule has 0 aliphatic carbocycles. The van der Waals surface area contributed by atoms with Crippen LogP contribution in [0.2, 0.25) is 0 Å². The van der Waals surface area contributed by atoms with Gasteiger partial charge >= 0.3 is 6.18 Å². The van der Waals surface area contributed by atoms with Gasteiger partial charge < -0.3 is 24.8 Å². The topological polar surface area (TPSA) is 91.3 Å². The second-order valence-corrected chi connectivity index (χ2v) is 11.6. The smallest absolute Gasteiger partial charge is 0.389 e. The van der Waals surface area contributed by atoms with Crippen LogP contribution in [0.25, 0.3) is 0 Å². The number of nitrogens with zero attached hydrogens (tertiary/aromatic N) is 2. The van der Waals surface area contributed by atoms with Crippen molar-refractivity contribution in [2.45, 2.75) is 58.0 Å². The standard InChI is InChI=1S/C34H40F3N3O5/c1-23-19-40(24(2)22-41)33(43)18-26-17-27(38-32(42)15-16-34(35,36)37)11-14-30(26)45-31(23)21-39(3)20-25-9-12-29(13-10-25)44-28-7-5-4-6-8-28/h4-14,17,23-24,31,41H,15-16,18-22H2,1-3H3,(H,38,42)/t23-,24+,31+/m1/s1. The van der Waals surface area contributed by atoms with Crippen LogP contribution in [0, 0.1) is 5.92 Å². The van der Waals surface area contributed by atoms with Crippen LogP contribution in [0.5, 0.6) is 17.2 Å². The molecule has 0 aromatic heterocycles. The number of nitrogens with one attached hydrogen (secondary N) is 1. The Morgan fingerprint density at radius 3 is 2.47 bits per heavy atom. The molecule has 1 aliphatic rings. The molecular weight excluding hydrogens is 587 g/mol. The third-order valence-corrected chi connectivity index (χ3v) is 7.68. The van der Waals surface area contributed by atoms with Gasteiger partial charge in [-0.3, -0.25) is 14.5 Å². The summed E-state index contributed by atoms with van der Waals surface area (Å²) in [7, 11) is 1.98. The average Bonchev–Trinajstić information content (AvgIpc) is 3.04. The van der Waals surface area contributed by atoms with Gasteiger partial charge in [0.2, 0.25) is 11.8 Å². The number of halogens is 3. The lowest BCUT2D eigenvalue weighted by atomic mass is 10.0. The van der Waals surface area contributed by atoms with E-state index in [1.165, 1.54) is 0 Å². The van der Waals surface area contributed by atoms with Gasteiger partial charge in [-0.25, -0.2) is 0 Å². The van der Waals surface area contributed by atoms with Crippen molar-refractivity contribution in [1.82, 2.24) is 9.80 Å². The summed E-state index contributed by atoms with van der Waals surface area (Å²) in [5.41, 5.74) is 1.85. The van der Waals surface area contributed by atoms with E-state index < -0.39 is 31.0 Å². The third-order valence-electron chi connectivity index (χ3n) is 7.68. The number of hydrogen-bond acceptors (Lipinski definition) is 6. The number of aliphatic hydroxyl groups is 1. The molecule has 0 spiro atoms. The number of aliphatic hydroxyl groups excluding tert-OH is 1. The van der Waals surface area contributed by atoms with Gasteiger partial charge in [0.25, 0.3) is 0 Å². The minimum absolute atomic E-state index is 0.0569. The van der Waals surface area contributed by atoms with Crippen molar-refractivity contribution in [2.75, 3.05) is 32.1 Å². The zero-order chi connectivity index (χ0) is 32.6. The Bertz CT molecular complexity index is 1420. The first kappa shape index (κ1) is 33.8. The van der Waals surface area contributed by atoms with Crippen LogP contribution in [0.4, 0.5) is 18.9 Å². The molecule has 3 aromatic rings. The summed E-state index contributed by atoms with van der Waals surface area (Å²) in [6.07, 6.45) is -6.77. The summed E-state index contributed by atoms with van der Waals surface area (Å²) in [6, 6.07) is 21.7. The van der Waals surface area contributed by atoms with Gasteiger partial charge in [0.1, 0.15) is 23.4 Å². The first-order valence-electron chi connectivity index (χ1n) is 15.0. The van der Waals surface area contributed by atoms with E-state index in [-0.39, 0.29) is 36.6 Å². The fourth-order valence-corrected chi connectivity index (χ4v) is 5.17. The van der Waals surface area contributed by atoms with Crippen molar-refractivity contribution in [3.8, 4) is 17.2 Å². The second kappa shape index (κ2) is 15.3. The molecule has 45 heavy (non-hydrogen) atoms. The highest BCUT2D eigenvalue weighted by Crippen LogP contribution is 2.30. The molecule has 0 radical (unpaired) electrons. The normalized spacial score (nSPS) is 17.9. The van der Waals surface area contributed by atoms with E-state index in [9.17, 15) is 27.9 Å². The van der Waals surface area contributed by atoms with Crippen molar-refractivity contribution >= 4 is 17.5 Å². The molecule has 0 unspecified atom stereocenters. The molecule has 1 aliphatic heterocycles. The quantitative estimate of drug-likeness (QED) is 0.270. The Labute approximate surface area is 261 Å². The fraction of sp³-hybridized carbons (Fsp3) is 0.412. The Morgan fingerprint density at radius 2 is 1.80 bits per heavy atom. The van der Waals surface area contributed by atoms with Crippen molar-refractivity contribution in [1.29, 1.82) is 0 Å². The molecule has 0 fully saturated rings. The number of ether oxygens (including phenoxy) is 2. The van der Waals surface area contributed by atoms with Crippen molar-refractivity contribution in [2.24, 2.45) is 5.92 Å². The fourth-order valence-electron chi connectivity index (χ4n) is 5.17. The molecule has 242 valence electrons. The SMILES string of the molecule is C[C@@H]1CN([C@@H](C)CO)C(=O)Cc2cc(NC(=O)CCC(F)(F)F)ccc2O[C@H]1CN(C)Cc1ccc(Oc2ccccc2)cc1. The number of alkyl halides is 3. The second-order valence-electron chi connectivity index (χ2n) is 11.6. The highest BCUT2D eigenvalue weighted by Gasteiger charge is 2.31. The van der Waals surface area contributed by atoms with E-state index in [0.717, 1.165) is 17.1 Å². The largest absolute Gasteiger partial charge is 0.488 e. The van der Waals surface area contributed by atoms with Crippen LogP contribution in [-0.4, -0.2) is 71.8 Å². The number of hydrogen-bond donors (Lipinski definition) is 2. The number of carbonyl (C=O) groups is 2. The van der Waals surface area contributed by atoms with Crippen LogP contribution < -0.4 is 14.8 Å². The molecule has 1 heterocycles. The van der Waals surface area contributed by atoms with Gasteiger partial charge in [0, 0.05) is 43.2 Å². The Kier molecular flexibility index (Phi) is 11.5. The van der Waals surface area contributed by atoms with Gasteiger partial charge in [-0.1, -0.05) is 37.3 Å². The van der Waals surface area contributed by atoms with E-state index >= 15 is 0 Å². The molecular formula is C34H40F3N3O5. The first-order valence-corrected chi connectivity index (χ1v) is 15.0. The lowest BCUT2D eigenvalue weighted by molar-refractivity contribution is -0.142. The van der Waals surface area contributed by atoms with Gasteiger partial charge in [0.15, 0.2) is 0 Å². The highest BCUT2D eigenvalue weighted by molar-refractivity contribution is 5.91. The van der Waals surface area contributed by atoms with Crippen LogP contribution in [0.15, 0.2) is 72.8 Å². The predicted molar refractivity (Wildman–Crippen MR) is 165 cm³/mol. The van der Waals surface area contributed by atoms with Crippen LogP contribution >= 0.6 is 0 Å². The molecule has 0 bridgehead atoms. The molecule has 11 heteroatoms. The zero-order valence-electron chi connectivity index (χ0n) is 25.7. The molecule has 3 atom stereocenters. The van der Waals surface area contributed by atoms with E-state index in [1.807, 2.05) is 68.6 Å². The number of para-hydroxylation sites is 1. The molecule has 4 rings (SSSR count). The maximum absolute atomic E-state index is 13.4. The van der Waals surface area contributed by atoms with Crippen molar-refractivity contribution in [3.05, 3.63) is 83.9 Å². The minimum atomic E-state index is -4.44. The molecule has 8 nitrogen and oxygen atoms in total. The summed E-state index contributed by atoms with van der Waals surface area (Å²) in [5.74, 6) is 0.846. The molecule has 0 saturated heterocycles. The Balaban J connectivity index is 1.49. The summed E-state index contributed by atoms with van der Waals surface area (Å²) in [6.45, 7) is 5.07. The lowest BCUT2D eigenvalue weighted by Crippen LogP contribution is -2.47. The van der Waals surface area contributed by atoms with Gasteiger partial charge in [-0.2, -0.15) is 13.2 Å². The Hall–Kier alpha value is -4.09. The van der Waals surface area contributed by atoms with Gasteiger partial charge in [-0.05, 0) is 62.0 Å². The summed E-state index contributed by atoms with van der Waals surface area (Å²) < 4.78 is 50.2. The maximum atomic E-state index is 13.4. The van der Waals surface area contributed by atoms with E-state index in [1.54, 1.807) is 30.0 Å². The number of rotatable bonds is 11. The molecule has 2 amide bonds. The monoisotopic (exact) mass is 627 g/mol. The van der Waals surface area contributed by atoms with Gasteiger partial charge in [0.05, 0.1) is 25.5 Å². The number of carbonyl (C=O) groups excluding carboxylic acids is 2. The minimum Gasteiger partial charge on any atom is -0.488 e. The number of benzene rings is 3. The third kappa shape index (κ3) is 10.2. The summed E-state index contributed by atoms with van der Waals surface area (Å²) >= 11 is 0. The Morgan fingerprint density at radius 1 is 1.11 bits per heavy atom. The molecule has 2 N–H and O–H groups in total. The highest BCUT2D eigenvalue weighted by atomic mass is 19.4. The number of fused-ring (bicyclic) bond motifs is 1. The first-order chi connectivity index (χ1) is 21.4. The van der Waals surface area contributed by atoms with E-state index in [2.05, 4.69) is 10.2 Å². The van der Waals surface area contributed by atoms with Crippen LogP contribution in [0.1, 0.15) is 37.8 Å². The van der Waals surface area contributed by atoms with Gasteiger partial charge in [-0.15, -0.1) is 0 Å². The summed E-state index contributed by atoms with van der Waals surface area (Å²) in [5, 5.41) is 12.4.